The molecule has 0 aromatic heterocycles. The van der Waals surface area contributed by atoms with Gasteiger partial charge in [-0.05, 0) is 24.6 Å². The minimum absolute atomic E-state index is 0.0408. The predicted molar refractivity (Wildman–Crippen MR) is 72.8 cm³/mol. The van der Waals surface area contributed by atoms with Crippen LogP contribution in [0.3, 0.4) is 0 Å². The fourth-order valence-electron chi connectivity index (χ4n) is 1.49. The molecule has 0 saturated carbocycles. The lowest BCUT2D eigenvalue weighted by Crippen LogP contribution is -2.36. The lowest BCUT2D eigenvalue weighted by Gasteiger charge is -2.14. The molecule has 0 saturated heterocycles. The third kappa shape index (κ3) is 5.49. The smallest absolute Gasteiger partial charge is 0.234 e. The number of methoxy groups -OCH3 is 1. The number of nitrogens with one attached hydrogen (secondary N) is 2. The Morgan fingerprint density at radius 3 is 2.94 bits per heavy atom. The highest BCUT2D eigenvalue weighted by Gasteiger charge is 2.07. The molecule has 1 atom stereocenters. The van der Waals surface area contributed by atoms with E-state index in [1.54, 1.807) is 7.11 Å². The zero-order valence-electron chi connectivity index (χ0n) is 10.7. The van der Waals surface area contributed by atoms with Gasteiger partial charge in [-0.1, -0.05) is 23.7 Å². The van der Waals surface area contributed by atoms with Crippen molar-refractivity contribution >= 4 is 17.5 Å². The molecule has 1 amide bonds. The fourth-order valence-corrected chi connectivity index (χ4v) is 1.69. The summed E-state index contributed by atoms with van der Waals surface area (Å²) < 4.78 is 4.85. The molecule has 1 aromatic rings. The van der Waals surface area contributed by atoms with Gasteiger partial charge in [-0.3, -0.25) is 4.79 Å². The summed E-state index contributed by atoms with van der Waals surface area (Å²) in [5.74, 6) is -0.0408. The van der Waals surface area contributed by atoms with Gasteiger partial charge in [0, 0.05) is 24.7 Å². The van der Waals surface area contributed by atoms with Gasteiger partial charge >= 0.3 is 0 Å². The van der Waals surface area contributed by atoms with E-state index in [4.69, 9.17) is 16.3 Å². The maximum absolute atomic E-state index is 11.5. The van der Waals surface area contributed by atoms with Crippen LogP contribution in [0.1, 0.15) is 18.5 Å². The third-order valence-electron chi connectivity index (χ3n) is 2.55. The normalized spacial score (nSPS) is 12.2. The molecule has 0 aliphatic heterocycles. The highest BCUT2D eigenvalue weighted by molar-refractivity contribution is 6.30. The van der Waals surface area contributed by atoms with E-state index < -0.39 is 0 Å². The number of rotatable bonds is 7. The standard InChI is InChI=1S/C13H19ClN2O2/c1-10(11-4-3-5-12(14)8-11)16-9-13(17)15-6-7-18-2/h3-5,8,10,16H,6-7,9H2,1-2H3,(H,15,17)/t10-/m1/s1. The average Bonchev–Trinajstić information content (AvgIpc) is 2.36. The van der Waals surface area contributed by atoms with Crippen molar-refractivity contribution in [3.8, 4) is 0 Å². The molecule has 0 bridgehead atoms. The maximum atomic E-state index is 11.5. The van der Waals surface area contributed by atoms with Crippen molar-refractivity contribution in [2.24, 2.45) is 0 Å². The number of carbonyl (C=O) groups excluding carboxylic acids is 1. The molecular weight excluding hydrogens is 252 g/mol. The van der Waals surface area contributed by atoms with Crippen LogP contribution in [0.5, 0.6) is 0 Å². The lowest BCUT2D eigenvalue weighted by atomic mass is 10.1. The molecule has 2 N–H and O–H groups in total. The fraction of sp³-hybridized carbons (Fsp3) is 0.462. The number of benzene rings is 1. The largest absolute Gasteiger partial charge is 0.383 e. The number of halogens is 1. The SMILES string of the molecule is COCCNC(=O)CN[C@H](C)c1cccc(Cl)c1. The first-order chi connectivity index (χ1) is 8.63. The maximum Gasteiger partial charge on any atom is 0.234 e. The van der Waals surface area contributed by atoms with E-state index >= 15 is 0 Å². The number of carbonyl (C=O) groups is 1. The topological polar surface area (TPSA) is 50.4 Å². The minimum Gasteiger partial charge on any atom is -0.383 e. The van der Waals surface area contributed by atoms with Crippen LogP contribution in [0.2, 0.25) is 5.02 Å². The first-order valence-electron chi connectivity index (χ1n) is 5.88. The average molecular weight is 271 g/mol. The van der Waals surface area contributed by atoms with Gasteiger partial charge in [0.25, 0.3) is 0 Å². The van der Waals surface area contributed by atoms with Crippen LogP contribution in [-0.4, -0.2) is 32.7 Å². The van der Waals surface area contributed by atoms with Crippen LogP contribution in [-0.2, 0) is 9.53 Å². The second kappa shape index (κ2) is 8.08. The van der Waals surface area contributed by atoms with Crippen molar-refractivity contribution in [3.63, 3.8) is 0 Å². The van der Waals surface area contributed by atoms with Crippen LogP contribution < -0.4 is 10.6 Å². The number of hydrogen-bond acceptors (Lipinski definition) is 3. The molecule has 0 aliphatic rings. The highest BCUT2D eigenvalue weighted by Crippen LogP contribution is 2.16. The second-order valence-corrected chi connectivity index (χ2v) is 4.44. The molecule has 0 spiro atoms. The Kier molecular flexibility index (Phi) is 6.72. The molecular formula is C13H19ClN2O2. The van der Waals surface area contributed by atoms with Gasteiger partial charge < -0.3 is 15.4 Å². The van der Waals surface area contributed by atoms with E-state index in [-0.39, 0.29) is 18.5 Å². The van der Waals surface area contributed by atoms with Crippen molar-refractivity contribution in [1.82, 2.24) is 10.6 Å². The summed E-state index contributed by atoms with van der Waals surface area (Å²) in [4.78, 5) is 11.5. The molecule has 4 nitrogen and oxygen atoms in total. The van der Waals surface area contributed by atoms with E-state index in [9.17, 15) is 4.79 Å². The molecule has 0 heterocycles. The quantitative estimate of drug-likeness (QED) is 0.743. The second-order valence-electron chi connectivity index (χ2n) is 4.00. The molecule has 5 heteroatoms. The molecule has 1 aromatic carbocycles. The summed E-state index contributed by atoms with van der Waals surface area (Å²) in [5, 5.41) is 6.59. The Morgan fingerprint density at radius 1 is 1.50 bits per heavy atom. The number of amides is 1. The zero-order chi connectivity index (χ0) is 13.4. The van der Waals surface area contributed by atoms with Gasteiger partial charge in [-0.25, -0.2) is 0 Å². The molecule has 1 rings (SSSR count). The van der Waals surface area contributed by atoms with E-state index in [0.29, 0.717) is 18.2 Å². The van der Waals surface area contributed by atoms with Crippen LogP contribution in [0.15, 0.2) is 24.3 Å². The van der Waals surface area contributed by atoms with E-state index in [1.807, 2.05) is 31.2 Å². The molecule has 18 heavy (non-hydrogen) atoms. The van der Waals surface area contributed by atoms with Gasteiger partial charge in [0.1, 0.15) is 0 Å². The summed E-state index contributed by atoms with van der Waals surface area (Å²) in [6, 6.07) is 7.68. The van der Waals surface area contributed by atoms with Gasteiger partial charge in [0.15, 0.2) is 0 Å². The first kappa shape index (κ1) is 15.0. The Balaban J connectivity index is 2.32. The van der Waals surface area contributed by atoms with Crippen molar-refractivity contribution in [3.05, 3.63) is 34.9 Å². The molecule has 0 aliphatic carbocycles. The van der Waals surface area contributed by atoms with Gasteiger partial charge in [-0.15, -0.1) is 0 Å². The Morgan fingerprint density at radius 2 is 2.28 bits per heavy atom. The molecule has 0 radical (unpaired) electrons. The van der Waals surface area contributed by atoms with Crippen LogP contribution in [0, 0.1) is 0 Å². The van der Waals surface area contributed by atoms with Crippen LogP contribution in [0.25, 0.3) is 0 Å². The zero-order valence-corrected chi connectivity index (χ0v) is 11.5. The van der Waals surface area contributed by atoms with E-state index in [2.05, 4.69) is 10.6 Å². The monoisotopic (exact) mass is 270 g/mol. The van der Waals surface area contributed by atoms with Crippen molar-refractivity contribution in [2.75, 3.05) is 26.8 Å². The summed E-state index contributed by atoms with van der Waals surface area (Å²) in [5.41, 5.74) is 1.06. The van der Waals surface area contributed by atoms with E-state index in [0.717, 1.165) is 5.56 Å². The van der Waals surface area contributed by atoms with Crippen molar-refractivity contribution < 1.29 is 9.53 Å². The number of ether oxygens (including phenoxy) is 1. The minimum atomic E-state index is -0.0408. The van der Waals surface area contributed by atoms with Gasteiger partial charge in [-0.2, -0.15) is 0 Å². The summed E-state index contributed by atoms with van der Waals surface area (Å²) in [6.07, 6.45) is 0. The highest BCUT2D eigenvalue weighted by atomic mass is 35.5. The van der Waals surface area contributed by atoms with E-state index in [1.165, 1.54) is 0 Å². The van der Waals surface area contributed by atoms with Crippen molar-refractivity contribution in [1.29, 1.82) is 0 Å². The third-order valence-corrected chi connectivity index (χ3v) is 2.78. The molecule has 100 valence electrons. The van der Waals surface area contributed by atoms with Crippen LogP contribution in [0.4, 0.5) is 0 Å². The van der Waals surface area contributed by atoms with Crippen molar-refractivity contribution in [2.45, 2.75) is 13.0 Å². The Labute approximate surface area is 113 Å². The van der Waals surface area contributed by atoms with Crippen LogP contribution >= 0.6 is 11.6 Å². The summed E-state index contributed by atoms with van der Waals surface area (Å²) >= 11 is 5.92. The Bertz CT molecular complexity index is 385. The summed E-state index contributed by atoms with van der Waals surface area (Å²) in [7, 11) is 1.60. The Hall–Kier alpha value is -1.10. The molecule has 0 fully saturated rings. The van der Waals surface area contributed by atoms with Gasteiger partial charge in [0.2, 0.25) is 5.91 Å². The molecule has 0 unspecified atom stereocenters. The van der Waals surface area contributed by atoms with Gasteiger partial charge in [0.05, 0.1) is 13.2 Å². The first-order valence-corrected chi connectivity index (χ1v) is 6.25. The predicted octanol–water partition coefficient (Wildman–Crippen LogP) is 1.75. The summed E-state index contributed by atoms with van der Waals surface area (Å²) in [6.45, 7) is 3.32. The lowest BCUT2D eigenvalue weighted by molar-refractivity contribution is -0.120. The number of hydrogen-bond donors (Lipinski definition) is 2.